The molecule has 1 aliphatic carbocycles. The van der Waals surface area contributed by atoms with E-state index in [2.05, 4.69) is 46.2 Å². The van der Waals surface area contributed by atoms with E-state index in [0.29, 0.717) is 17.6 Å². The van der Waals surface area contributed by atoms with Gasteiger partial charge in [-0.15, -0.1) is 0 Å². The first kappa shape index (κ1) is 18.9. The fourth-order valence-corrected chi connectivity index (χ4v) is 4.66. The van der Waals surface area contributed by atoms with Crippen molar-refractivity contribution in [2.45, 2.75) is 51.6 Å². The number of ether oxygens (including phenoxy) is 1. The van der Waals surface area contributed by atoms with Crippen LogP contribution < -0.4 is 0 Å². The van der Waals surface area contributed by atoms with Gasteiger partial charge in [0.05, 0.1) is 41.1 Å². The highest BCUT2D eigenvalue weighted by Crippen LogP contribution is 2.37. The Kier molecular flexibility index (Phi) is 4.57. The minimum atomic E-state index is -0.338. The lowest BCUT2D eigenvalue weighted by molar-refractivity contribution is 0.0601. The summed E-state index contributed by atoms with van der Waals surface area (Å²) in [5.41, 5.74) is 5.58. The zero-order valence-corrected chi connectivity index (χ0v) is 17.6. The largest absolute Gasteiger partial charge is 0.465 e. The second kappa shape index (κ2) is 7.27. The molecule has 0 saturated heterocycles. The molecule has 2 aromatic heterocycles. The Labute approximate surface area is 175 Å². The molecule has 0 unspecified atom stereocenters. The minimum Gasteiger partial charge on any atom is -0.465 e. The average molecular weight is 402 g/mol. The second-order valence-electron chi connectivity index (χ2n) is 8.39. The number of benzene rings is 2. The summed E-state index contributed by atoms with van der Waals surface area (Å²) in [6, 6.07) is 12.9. The van der Waals surface area contributed by atoms with E-state index in [1.165, 1.54) is 20.0 Å². The van der Waals surface area contributed by atoms with E-state index in [9.17, 15) is 4.79 Å². The lowest BCUT2D eigenvalue weighted by atomic mass is 10.1. The molecule has 1 aliphatic rings. The van der Waals surface area contributed by atoms with Crippen LogP contribution in [0.15, 0.2) is 42.7 Å². The topological polar surface area (TPSA) is 61.9 Å². The summed E-state index contributed by atoms with van der Waals surface area (Å²) < 4.78 is 9.44. The third-order valence-corrected chi connectivity index (χ3v) is 6.19. The Morgan fingerprint density at radius 3 is 2.57 bits per heavy atom. The molecule has 6 nitrogen and oxygen atoms in total. The average Bonchev–Trinajstić information content (AvgIpc) is 3.49. The number of aromatic nitrogens is 4. The predicted molar refractivity (Wildman–Crippen MR) is 118 cm³/mol. The number of carbonyl (C=O) groups excluding carboxylic acids is 1. The molecule has 30 heavy (non-hydrogen) atoms. The van der Waals surface area contributed by atoms with Crippen molar-refractivity contribution >= 4 is 28.0 Å². The van der Waals surface area contributed by atoms with Crippen LogP contribution in [0.2, 0.25) is 0 Å². The predicted octanol–water partition coefficient (Wildman–Crippen LogP) is 5.54. The lowest BCUT2D eigenvalue weighted by Crippen LogP contribution is -2.07. The highest BCUT2D eigenvalue weighted by atomic mass is 16.5. The van der Waals surface area contributed by atoms with Gasteiger partial charge in [-0.25, -0.2) is 14.8 Å². The van der Waals surface area contributed by atoms with Crippen molar-refractivity contribution in [3.05, 3.63) is 48.3 Å². The molecule has 1 fully saturated rings. The maximum absolute atomic E-state index is 12.0. The third kappa shape index (κ3) is 2.98. The van der Waals surface area contributed by atoms with E-state index in [0.717, 1.165) is 46.3 Å². The van der Waals surface area contributed by atoms with Gasteiger partial charge < -0.3 is 13.9 Å². The number of hydrogen-bond acceptors (Lipinski definition) is 4. The van der Waals surface area contributed by atoms with Gasteiger partial charge in [-0.1, -0.05) is 12.8 Å². The number of nitrogens with zero attached hydrogens (tertiary/aromatic N) is 4. The normalized spacial score (nSPS) is 14.9. The SMILES string of the molecule is COC(=O)c1ccc2c(c1)nc(-c1ccc3c(c1)ncn3C(C)C)n2C1CCCC1. The van der Waals surface area contributed by atoms with Gasteiger partial charge in [0.2, 0.25) is 0 Å². The summed E-state index contributed by atoms with van der Waals surface area (Å²) in [6.07, 6.45) is 6.69. The molecule has 1 saturated carbocycles. The quantitative estimate of drug-likeness (QED) is 0.421. The van der Waals surface area contributed by atoms with E-state index in [1.54, 1.807) is 0 Å². The van der Waals surface area contributed by atoms with Crippen LogP contribution in [0.5, 0.6) is 0 Å². The maximum atomic E-state index is 12.0. The van der Waals surface area contributed by atoms with E-state index >= 15 is 0 Å². The molecule has 2 heterocycles. The molecule has 2 aromatic carbocycles. The van der Waals surface area contributed by atoms with Crippen molar-refractivity contribution in [2.75, 3.05) is 7.11 Å². The van der Waals surface area contributed by atoms with Crippen molar-refractivity contribution in [3.8, 4) is 11.4 Å². The Balaban J connectivity index is 1.69. The van der Waals surface area contributed by atoms with Crippen molar-refractivity contribution in [2.24, 2.45) is 0 Å². The van der Waals surface area contributed by atoms with Crippen molar-refractivity contribution in [3.63, 3.8) is 0 Å². The lowest BCUT2D eigenvalue weighted by Gasteiger charge is -2.17. The van der Waals surface area contributed by atoms with Crippen LogP contribution >= 0.6 is 0 Å². The van der Waals surface area contributed by atoms with Crippen molar-refractivity contribution in [1.82, 2.24) is 19.1 Å². The molecule has 0 atom stereocenters. The highest BCUT2D eigenvalue weighted by molar-refractivity contribution is 5.94. The first-order valence-electron chi connectivity index (χ1n) is 10.6. The first-order valence-corrected chi connectivity index (χ1v) is 10.6. The number of carbonyl (C=O) groups is 1. The summed E-state index contributed by atoms with van der Waals surface area (Å²) in [7, 11) is 1.40. The zero-order chi connectivity index (χ0) is 20.8. The van der Waals surface area contributed by atoms with Crippen LogP contribution in [-0.4, -0.2) is 32.2 Å². The van der Waals surface area contributed by atoms with Crippen LogP contribution in [-0.2, 0) is 4.74 Å². The number of rotatable bonds is 4. The molecule has 0 radical (unpaired) electrons. The van der Waals surface area contributed by atoms with Crippen molar-refractivity contribution in [1.29, 1.82) is 0 Å². The molecular formula is C24H26N4O2. The molecular weight excluding hydrogens is 376 g/mol. The summed E-state index contributed by atoms with van der Waals surface area (Å²) in [5, 5.41) is 0. The van der Waals surface area contributed by atoms with Gasteiger partial charge in [0.1, 0.15) is 5.82 Å². The van der Waals surface area contributed by atoms with Gasteiger partial charge in [0.25, 0.3) is 0 Å². The summed E-state index contributed by atoms with van der Waals surface area (Å²) >= 11 is 0. The Morgan fingerprint density at radius 1 is 1.07 bits per heavy atom. The maximum Gasteiger partial charge on any atom is 0.337 e. The summed E-state index contributed by atoms with van der Waals surface area (Å²) in [6.45, 7) is 4.32. The standard InChI is InChI=1S/C24H26N4O2/c1-15(2)27-14-25-19-12-16(8-10-21(19)27)23-26-20-13-17(24(29)30-3)9-11-22(20)28(23)18-6-4-5-7-18/h8-15,18H,4-7H2,1-3H3. The molecule has 0 amide bonds. The molecule has 6 heteroatoms. The van der Waals surface area contributed by atoms with Crippen LogP contribution in [0.3, 0.4) is 0 Å². The smallest absolute Gasteiger partial charge is 0.337 e. The fraction of sp³-hybridized carbons (Fsp3) is 0.375. The molecule has 0 bridgehead atoms. The summed E-state index contributed by atoms with van der Waals surface area (Å²) in [4.78, 5) is 21.6. The van der Waals surface area contributed by atoms with E-state index in [1.807, 2.05) is 24.5 Å². The van der Waals surface area contributed by atoms with Crippen LogP contribution in [0.25, 0.3) is 33.5 Å². The molecule has 0 aliphatic heterocycles. The van der Waals surface area contributed by atoms with E-state index in [-0.39, 0.29) is 5.97 Å². The minimum absolute atomic E-state index is 0.338. The Bertz CT molecular complexity index is 1250. The van der Waals surface area contributed by atoms with Crippen LogP contribution in [0.4, 0.5) is 0 Å². The number of hydrogen-bond donors (Lipinski definition) is 0. The van der Waals surface area contributed by atoms with Gasteiger partial charge in [-0.2, -0.15) is 0 Å². The highest BCUT2D eigenvalue weighted by Gasteiger charge is 2.24. The fourth-order valence-electron chi connectivity index (χ4n) is 4.66. The van der Waals surface area contributed by atoms with Gasteiger partial charge in [0, 0.05) is 17.6 Å². The Morgan fingerprint density at radius 2 is 1.83 bits per heavy atom. The van der Waals surface area contributed by atoms with Crippen molar-refractivity contribution < 1.29 is 9.53 Å². The molecule has 0 spiro atoms. The number of imidazole rings is 2. The summed E-state index contributed by atoms with van der Waals surface area (Å²) in [5.74, 6) is 0.606. The van der Waals surface area contributed by atoms with E-state index in [4.69, 9.17) is 9.72 Å². The zero-order valence-electron chi connectivity index (χ0n) is 17.6. The molecule has 4 aromatic rings. The number of esters is 1. The molecule has 0 N–H and O–H groups in total. The second-order valence-corrected chi connectivity index (χ2v) is 8.39. The Hall–Kier alpha value is -3.15. The first-order chi connectivity index (χ1) is 14.6. The van der Waals surface area contributed by atoms with Gasteiger partial charge >= 0.3 is 5.97 Å². The number of methoxy groups -OCH3 is 1. The monoisotopic (exact) mass is 402 g/mol. The third-order valence-electron chi connectivity index (χ3n) is 6.19. The van der Waals surface area contributed by atoms with Crippen LogP contribution in [0.1, 0.15) is 62.0 Å². The number of fused-ring (bicyclic) bond motifs is 2. The van der Waals surface area contributed by atoms with Crippen LogP contribution in [0, 0.1) is 0 Å². The van der Waals surface area contributed by atoms with Gasteiger partial charge in [0.15, 0.2) is 0 Å². The van der Waals surface area contributed by atoms with Gasteiger partial charge in [-0.05, 0) is 63.1 Å². The van der Waals surface area contributed by atoms with Gasteiger partial charge in [-0.3, -0.25) is 0 Å². The molecule has 5 rings (SSSR count). The van der Waals surface area contributed by atoms with E-state index < -0.39 is 0 Å². The molecule has 154 valence electrons.